The van der Waals surface area contributed by atoms with Crippen molar-refractivity contribution in [3.8, 4) is 22.6 Å². The Kier molecular flexibility index (Phi) is 3.90. The summed E-state index contributed by atoms with van der Waals surface area (Å²) in [5.41, 5.74) is 5.87. The van der Waals surface area contributed by atoms with Gasteiger partial charge in [0, 0.05) is 36.6 Å². The minimum Gasteiger partial charge on any atom is -0.507 e. The second-order valence-corrected chi connectivity index (χ2v) is 9.47. The highest BCUT2D eigenvalue weighted by Gasteiger charge is 2.14. The molecular weight excluding hydrogens is 422 g/mol. The summed E-state index contributed by atoms with van der Waals surface area (Å²) >= 11 is 1.72. The zero-order valence-electron chi connectivity index (χ0n) is 17.7. The smallest absolute Gasteiger partial charge is 0.124 e. The van der Waals surface area contributed by atoms with E-state index in [-0.39, 0.29) is 0 Å². The van der Waals surface area contributed by atoms with E-state index in [0.29, 0.717) is 5.75 Å². The standard InChI is InChI=1S/C30H19NOS/c32-27-11-6-12-29-30(27)24-17-19(14-16-28(24)33-29)20-13-15-23-22-9-4-5-10-25(22)31(26(23)18-20)21-7-2-1-3-8-21/h1-18,32H. The van der Waals surface area contributed by atoms with Gasteiger partial charge in [0.25, 0.3) is 0 Å². The van der Waals surface area contributed by atoms with Crippen molar-refractivity contribution in [2.24, 2.45) is 0 Å². The van der Waals surface area contributed by atoms with Crippen LogP contribution in [-0.4, -0.2) is 9.67 Å². The minimum absolute atomic E-state index is 0.343. The lowest BCUT2D eigenvalue weighted by atomic mass is 10.0. The molecule has 0 bridgehead atoms. The van der Waals surface area contributed by atoms with Crippen LogP contribution in [0.3, 0.4) is 0 Å². The number of nitrogens with zero attached hydrogens (tertiary/aromatic N) is 1. The van der Waals surface area contributed by atoms with Gasteiger partial charge in [-0.25, -0.2) is 0 Å². The van der Waals surface area contributed by atoms with Crippen LogP contribution in [0, 0.1) is 0 Å². The highest BCUT2D eigenvalue weighted by atomic mass is 32.1. The van der Waals surface area contributed by atoms with Gasteiger partial charge in [0.05, 0.1) is 11.0 Å². The molecule has 33 heavy (non-hydrogen) atoms. The van der Waals surface area contributed by atoms with Gasteiger partial charge in [-0.3, -0.25) is 0 Å². The fraction of sp³-hybridized carbons (Fsp3) is 0. The van der Waals surface area contributed by atoms with E-state index in [1.807, 2.05) is 6.07 Å². The van der Waals surface area contributed by atoms with E-state index in [4.69, 9.17) is 0 Å². The van der Waals surface area contributed by atoms with Crippen molar-refractivity contribution in [3.63, 3.8) is 0 Å². The Labute approximate surface area is 194 Å². The minimum atomic E-state index is 0.343. The second kappa shape index (κ2) is 6.96. The Morgan fingerprint density at radius 3 is 2.21 bits per heavy atom. The van der Waals surface area contributed by atoms with Crippen molar-refractivity contribution in [3.05, 3.63) is 109 Å². The van der Waals surface area contributed by atoms with Gasteiger partial charge in [-0.1, -0.05) is 60.7 Å². The van der Waals surface area contributed by atoms with Gasteiger partial charge in [-0.2, -0.15) is 0 Å². The molecule has 0 fully saturated rings. The molecule has 2 aromatic heterocycles. The maximum atomic E-state index is 10.5. The summed E-state index contributed by atoms with van der Waals surface area (Å²) in [6.07, 6.45) is 0. The van der Waals surface area contributed by atoms with Gasteiger partial charge >= 0.3 is 0 Å². The van der Waals surface area contributed by atoms with E-state index in [1.54, 1.807) is 17.4 Å². The normalized spacial score (nSPS) is 11.8. The first-order valence-electron chi connectivity index (χ1n) is 11.0. The average molecular weight is 442 g/mol. The van der Waals surface area contributed by atoms with Gasteiger partial charge in [0.2, 0.25) is 0 Å². The zero-order valence-corrected chi connectivity index (χ0v) is 18.5. The highest BCUT2D eigenvalue weighted by Crippen LogP contribution is 2.41. The third kappa shape index (κ3) is 2.73. The van der Waals surface area contributed by atoms with Crippen molar-refractivity contribution in [1.82, 2.24) is 4.57 Å². The van der Waals surface area contributed by atoms with Crippen LogP contribution in [0.4, 0.5) is 0 Å². The molecule has 0 atom stereocenters. The Hall–Kier alpha value is -4.08. The predicted molar refractivity (Wildman–Crippen MR) is 141 cm³/mol. The van der Waals surface area contributed by atoms with Gasteiger partial charge < -0.3 is 9.67 Å². The molecule has 3 heteroatoms. The summed E-state index contributed by atoms with van der Waals surface area (Å²) in [4.78, 5) is 0. The number of aromatic hydroxyl groups is 1. The van der Waals surface area contributed by atoms with Gasteiger partial charge in [0.15, 0.2) is 0 Å². The lowest BCUT2D eigenvalue weighted by Gasteiger charge is -2.09. The molecule has 0 amide bonds. The Bertz CT molecular complexity index is 1830. The monoisotopic (exact) mass is 441 g/mol. The molecule has 0 aliphatic heterocycles. The first-order valence-corrected chi connectivity index (χ1v) is 11.8. The van der Waals surface area contributed by atoms with Gasteiger partial charge in [0.1, 0.15) is 5.75 Å². The summed E-state index contributed by atoms with van der Waals surface area (Å²) < 4.78 is 4.65. The topological polar surface area (TPSA) is 25.2 Å². The summed E-state index contributed by atoms with van der Waals surface area (Å²) in [5, 5.41) is 15.1. The Balaban J connectivity index is 1.51. The molecule has 7 rings (SSSR count). The number of rotatable bonds is 2. The van der Waals surface area contributed by atoms with E-state index in [1.165, 1.54) is 32.1 Å². The lowest BCUT2D eigenvalue weighted by Crippen LogP contribution is -1.93. The van der Waals surface area contributed by atoms with Crippen LogP contribution >= 0.6 is 11.3 Å². The summed E-state index contributed by atoms with van der Waals surface area (Å²) in [6.45, 7) is 0. The van der Waals surface area contributed by atoms with E-state index >= 15 is 0 Å². The molecule has 7 aromatic rings. The highest BCUT2D eigenvalue weighted by molar-refractivity contribution is 7.25. The van der Waals surface area contributed by atoms with Gasteiger partial charge in [-0.15, -0.1) is 11.3 Å². The average Bonchev–Trinajstić information content (AvgIpc) is 3.40. The molecule has 0 aliphatic carbocycles. The number of thiophene rings is 1. The molecule has 2 nitrogen and oxygen atoms in total. The van der Waals surface area contributed by atoms with Crippen LogP contribution in [-0.2, 0) is 0 Å². The number of phenolic OH excluding ortho intramolecular Hbond substituents is 1. The second-order valence-electron chi connectivity index (χ2n) is 8.38. The fourth-order valence-corrected chi connectivity index (χ4v) is 6.10. The van der Waals surface area contributed by atoms with Crippen molar-refractivity contribution in [1.29, 1.82) is 0 Å². The van der Waals surface area contributed by atoms with E-state index in [2.05, 4.69) is 102 Å². The molecule has 0 spiro atoms. The molecule has 0 aliphatic rings. The van der Waals surface area contributed by atoms with Crippen LogP contribution < -0.4 is 0 Å². The number of benzene rings is 5. The molecule has 0 unspecified atom stereocenters. The zero-order chi connectivity index (χ0) is 21.9. The maximum absolute atomic E-state index is 10.5. The van der Waals surface area contributed by atoms with Crippen LogP contribution in [0.2, 0.25) is 0 Å². The summed E-state index contributed by atoms with van der Waals surface area (Å²) in [7, 11) is 0. The van der Waals surface area contributed by atoms with E-state index in [0.717, 1.165) is 26.7 Å². The Morgan fingerprint density at radius 2 is 1.30 bits per heavy atom. The third-order valence-electron chi connectivity index (χ3n) is 6.49. The first-order chi connectivity index (χ1) is 16.3. The van der Waals surface area contributed by atoms with Crippen molar-refractivity contribution in [2.45, 2.75) is 0 Å². The fourth-order valence-electron chi connectivity index (χ4n) is 4.99. The van der Waals surface area contributed by atoms with E-state index in [9.17, 15) is 5.11 Å². The Morgan fingerprint density at radius 1 is 0.545 bits per heavy atom. The quantitative estimate of drug-likeness (QED) is 0.286. The number of hydrogen-bond donors (Lipinski definition) is 1. The number of fused-ring (bicyclic) bond motifs is 6. The SMILES string of the molecule is Oc1cccc2sc3ccc(-c4ccc5c6ccccc6n(-c6ccccc6)c5c4)cc3c12. The predicted octanol–water partition coefficient (Wildman–Crippen LogP) is 8.52. The van der Waals surface area contributed by atoms with Crippen molar-refractivity contribution in [2.75, 3.05) is 0 Å². The first kappa shape index (κ1) is 18.5. The number of hydrogen-bond acceptors (Lipinski definition) is 2. The number of phenols is 1. The largest absolute Gasteiger partial charge is 0.507 e. The molecule has 2 heterocycles. The van der Waals surface area contributed by atoms with Crippen molar-refractivity contribution >= 4 is 53.3 Å². The molecule has 1 N–H and O–H groups in total. The van der Waals surface area contributed by atoms with Gasteiger partial charge in [-0.05, 0) is 59.7 Å². The lowest BCUT2D eigenvalue weighted by molar-refractivity contribution is 0.482. The number of para-hydroxylation sites is 2. The molecule has 0 saturated carbocycles. The maximum Gasteiger partial charge on any atom is 0.124 e. The summed E-state index contributed by atoms with van der Waals surface area (Å²) in [6, 6.07) is 38.2. The third-order valence-corrected chi connectivity index (χ3v) is 7.63. The van der Waals surface area contributed by atoms with Crippen LogP contribution in [0.1, 0.15) is 0 Å². The molecular formula is C30H19NOS. The van der Waals surface area contributed by atoms with E-state index < -0.39 is 0 Å². The van der Waals surface area contributed by atoms with Crippen LogP contribution in [0.15, 0.2) is 109 Å². The van der Waals surface area contributed by atoms with Crippen LogP contribution in [0.5, 0.6) is 5.75 Å². The molecule has 0 saturated heterocycles. The van der Waals surface area contributed by atoms with Crippen molar-refractivity contribution < 1.29 is 5.11 Å². The molecule has 0 radical (unpaired) electrons. The summed E-state index contributed by atoms with van der Waals surface area (Å²) in [5.74, 6) is 0.343. The molecule has 156 valence electrons. The molecule has 5 aromatic carbocycles. The van der Waals surface area contributed by atoms with Crippen LogP contribution in [0.25, 0.3) is 58.8 Å². The number of aromatic nitrogens is 1.